The van der Waals surface area contributed by atoms with E-state index in [0.717, 1.165) is 16.5 Å². The van der Waals surface area contributed by atoms with Gasteiger partial charge < -0.3 is 10.5 Å². The molecule has 0 aliphatic heterocycles. The summed E-state index contributed by atoms with van der Waals surface area (Å²) in [6.45, 7) is 0.377. The van der Waals surface area contributed by atoms with Crippen LogP contribution in [0.2, 0.25) is 5.02 Å². The fourth-order valence-electron chi connectivity index (χ4n) is 2.11. The van der Waals surface area contributed by atoms with Crippen LogP contribution in [0.4, 0.5) is 5.69 Å². The van der Waals surface area contributed by atoms with Crippen molar-refractivity contribution in [3.8, 4) is 5.75 Å². The van der Waals surface area contributed by atoms with Crippen molar-refractivity contribution in [1.29, 1.82) is 0 Å². The van der Waals surface area contributed by atoms with Gasteiger partial charge in [0.05, 0.1) is 16.2 Å². The Bertz CT molecular complexity index is 733. The number of nitrogens with two attached hydrogens (primary N) is 1. The summed E-state index contributed by atoms with van der Waals surface area (Å²) < 4.78 is 5.76. The standard InChI is InChI=1S/C16H13ClN2O/c17-13-7-2-8-14(18)16(13)20-10-12-5-1-4-11-6-3-9-19-15(11)12/h1-9H,10,18H2. The molecule has 100 valence electrons. The van der Waals surface area contributed by atoms with Gasteiger partial charge in [0.15, 0.2) is 5.75 Å². The summed E-state index contributed by atoms with van der Waals surface area (Å²) in [6, 6.07) is 15.3. The number of nitrogens with zero attached hydrogens (tertiary/aromatic N) is 1. The van der Waals surface area contributed by atoms with Gasteiger partial charge in [0.1, 0.15) is 6.61 Å². The zero-order valence-corrected chi connectivity index (χ0v) is 11.5. The first kappa shape index (κ1) is 12.8. The van der Waals surface area contributed by atoms with Gasteiger partial charge in [0, 0.05) is 17.1 Å². The average molecular weight is 285 g/mol. The lowest BCUT2D eigenvalue weighted by Gasteiger charge is -2.11. The summed E-state index contributed by atoms with van der Waals surface area (Å²) in [6.07, 6.45) is 1.77. The van der Waals surface area contributed by atoms with Gasteiger partial charge in [-0.05, 0) is 18.2 Å². The van der Waals surface area contributed by atoms with Crippen LogP contribution in [0.5, 0.6) is 5.75 Å². The van der Waals surface area contributed by atoms with Crippen molar-refractivity contribution in [2.75, 3.05) is 5.73 Å². The molecule has 1 heterocycles. The molecule has 0 radical (unpaired) electrons. The first-order valence-electron chi connectivity index (χ1n) is 6.25. The van der Waals surface area contributed by atoms with Crippen LogP contribution in [-0.2, 0) is 6.61 Å². The highest BCUT2D eigenvalue weighted by Gasteiger charge is 2.08. The molecule has 0 saturated heterocycles. The minimum absolute atomic E-state index is 0.377. The molecule has 0 unspecified atom stereocenters. The largest absolute Gasteiger partial charge is 0.485 e. The molecular formula is C16H13ClN2O. The van der Waals surface area contributed by atoms with Crippen molar-refractivity contribution in [2.24, 2.45) is 0 Å². The molecule has 0 spiro atoms. The van der Waals surface area contributed by atoms with Gasteiger partial charge in [0.2, 0.25) is 0 Å². The van der Waals surface area contributed by atoms with Crippen LogP contribution >= 0.6 is 11.6 Å². The Morgan fingerprint density at radius 3 is 2.70 bits per heavy atom. The summed E-state index contributed by atoms with van der Waals surface area (Å²) in [5.74, 6) is 0.516. The van der Waals surface area contributed by atoms with Crippen LogP contribution in [0.15, 0.2) is 54.7 Å². The molecule has 2 aromatic carbocycles. The number of para-hydroxylation sites is 2. The number of nitrogen functional groups attached to an aromatic ring is 1. The quantitative estimate of drug-likeness (QED) is 0.738. The van der Waals surface area contributed by atoms with Gasteiger partial charge >= 0.3 is 0 Å². The van der Waals surface area contributed by atoms with Crippen LogP contribution < -0.4 is 10.5 Å². The number of pyridine rings is 1. The number of halogens is 1. The third kappa shape index (κ3) is 2.40. The van der Waals surface area contributed by atoms with Crippen molar-refractivity contribution in [2.45, 2.75) is 6.61 Å². The van der Waals surface area contributed by atoms with E-state index in [0.29, 0.717) is 23.1 Å². The number of ether oxygens (including phenoxy) is 1. The Kier molecular flexibility index (Phi) is 3.44. The maximum atomic E-state index is 6.09. The van der Waals surface area contributed by atoms with Gasteiger partial charge in [0.25, 0.3) is 0 Å². The predicted octanol–water partition coefficient (Wildman–Crippen LogP) is 4.05. The lowest BCUT2D eigenvalue weighted by Crippen LogP contribution is -2.00. The second-order valence-corrected chi connectivity index (χ2v) is 4.85. The highest BCUT2D eigenvalue weighted by Crippen LogP contribution is 2.31. The molecule has 3 nitrogen and oxygen atoms in total. The fraction of sp³-hybridized carbons (Fsp3) is 0.0625. The van der Waals surface area contributed by atoms with E-state index in [1.807, 2.05) is 30.3 Å². The van der Waals surface area contributed by atoms with Gasteiger partial charge in [-0.2, -0.15) is 0 Å². The number of aromatic nitrogens is 1. The number of hydrogen-bond acceptors (Lipinski definition) is 3. The zero-order valence-electron chi connectivity index (χ0n) is 10.7. The molecule has 3 rings (SSSR count). The van der Waals surface area contributed by atoms with Crippen LogP contribution in [0.1, 0.15) is 5.56 Å². The normalized spacial score (nSPS) is 10.7. The maximum Gasteiger partial charge on any atom is 0.161 e. The van der Waals surface area contributed by atoms with Crippen molar-refractivity contribution in [3.63, 3.8) is 0 Å². The lowest BCUT2D eigenvalue weighted by molar-refractivity contribution is 0.309. The molecule has 1 aromatic heterocycles. The van der Waals surface area contributed by atoms with E-state index in [2.05, 4.69) is 4.98 Å². The number of benzene rings is 2. The molecule has 3 aromatic rings. The van der Waals surface area contributed by atoms with Crippen LogP contribution in [0.25, 0.3) is 10.9 Å². The minimum Gasteiger partial charge on any atom is -0.485 e. The molecule has 0 bridgehead atoms. The third-order valence-electron chi connectivity index (χ3n) is 3.09. The number of rotatable bonds is 3. The minimum atomic E-state index is 0.377. The molecule has 0 atom stereocenters. The van der Waals surface area contributed by atoms with Gasteiger partial charge in [-0.25, -0.2) is 0 Å². The maximum absolute atomic E-state index is 6.09. The SMILES string of the molecule is Nc1cccc(Cl)c1OCc1cccc2cccnc12. The average Bonchev–Trinajstić information content (AvgIpc) is 2.47. The molecule has 0 amide bonds. The van der Waals surface area contributed by atoms with Crippen LogP contribution in [-0.4, -0.2) is 4.98 Å². The first-order chi connectivity index (χ1) is 9.75. The summed E-state index contributed by atoms with van der Waals surface area (Å²) in [4.78, 5) is 4.39. The second kappa shape index (κ2) is 5.39. The molecule has 0 fully saturated rings. The Morgan fingerprint density at radius 1 is 1.05 bits per heavy atom. The first-order valence-corrected chi connectivity index (χ1v) is 6.63. The molecule has 2 N–H and O–H groups in total. The highest BCUT2D eigenvalue weighted by atomic mass is 35.5. The molecule has 0 saturated carbocycles. The Labute approximate surface area is 122 Å². The van der Waals surface area contributed by atoms with Crippen molar-refractivity contribution < 1.29 is 4.74 Å². The van der Waals surface area contributed by atoms with Crippen LogP contribution in [0.3, 0.4) is 0 Å². The van der Waals surface area contributed by atoms with Gasteiger partial charge in [-0.3, -0.25) is 4.98 Å². The van der Waals surface area contributed by atoms with Crippen molar-refractivity contribution in [1.82, 2.24) is 4.98 Å². The molecule has 0 aliphatic carbocycles. The topological polar surface area (TPSA) is 48.1 Å². The van der Waals surface area contributed by atoms with E-state index in [9.17, 15) is 0 Å². The Morgan fingerprint density at radius 2 is 1.85 bits per heavy atom. The van der Waals surface area contributed by atoms with Crippen molar-refractivity contribution >= 4 is 28.2 Å². The molecule has 4 heteroatoms. The van der Waals surface area contributed by atoms with Crippen LogP contribution in [0, 0.1) is 0 Å². The monoisotopic (exact) mass is 284 g/mol. The Hall–Kier alpha value is -2.26. The summed E-state index contributed by atoms with van der Waals surface area (Å²) in [7, 11) is 0. The Balaban J connectivity index is 1.91. The third-order valence-corrected chi connectivity index (χ3v) is 3.38. The van der Waals surface area contributed by atoms with E-state index < -0.39 is 0 Å². The lowest BCUT2D eigenvalue weighted by atomic mass is 10.1. The summed E-state index contributed by atoms with van der Waals surface area (Å²) >= 11 is 6.09. The van der Waals surface area contributed by atoms with E-state index in [1.54, 1.807) is 24.4 Å². The van der Waals surface area contributed by atoms with Gasteiger partial charge in [-0.15, -0.1) is 0 Å². The highest BCUT2D eigenvalue weighted by molar-refractivity contribution is 6.32. The number of anilines is 1. The second-order valence-electron chi connectivity index (χ2n) is 4.44. The van der Waals surface area contributed by atoms with Crippen molar-refractivity contribution in [3.05, 3.63) is 65.3 Å². The summed E-state index contributed by atoms with van der Waals surface area (Å²) in [5, 5.41) is 1.60. The molecule has 20 heavy (non-hydrogen) atoms. The molecule has 0 aliphatic rings. The fourth-order valence-corrected chi connectivity index (χ4v) is 2.35. The predicted molar refractivity (Wildman–Crippen MR) is 81.9 cm³/mol. The molecular weight excluding hydrogens is 272 g/mol. The number of hydrogen-bond donors (Lipinski definition) is 1. The number of fused-ring (bicyclic) bond motifs is 1. The van der Waals surface area contributed by atoms with Gasteiger partial charge in [-0.1, -0.05) is 41.9 Å². The zero-order chi connectivity index (χ0) is 13.9. The van der Waals surface area contributed by atoms with E-state index >= 15 is 0 Å². The smallest absolute Gasteiger partial charge is 0.161 e. The van der Waals surface area contributed by atoms with E-state index in [4.69, 9.17) is 22.1 Å². The van der Waals surface area contributed by atoms with E-state index in [1.165, 1.54) is 0 Å². The summed E-state index contributed by atoms with van der Waals surface area (Å²) in [5.41, 5.74) is 8.34. The van der Waals surface area contributed by atoms with E-state index in [-0.39, 0.29) is 0 Å².